The molecule has 0 amide bonds. The summed E-state index contributed by atoms with van der Waals surface area (Å²) in [5, 5.41) is 0. The number of Topliss-reactive ketones (excluding diaryl/α,β-unsaturated/α-hetero) is 1. The Balaban J connectivity index is 2.80. The number of carbonyl (C=O) groups is 2. The second kappa shape index (κ2) is 4.96. The van der Waals surface area contributed by atoms with Gasteiger partial charge in [0.2, 0.25) is 0 Å². The van der Waals surface area contributed by atoms with Crippen LogP contribution in [0.25, 0.3) is 0 Å². The summed E-state index contributed by atoms with van der Waals surface area (Å²) in [5.41, 5.74) is 0.724. The summed E-state index contributed by atoms with van der Waals surface area (Å²) >= 11 is 0. The van der Waals surface area contributed by atoms with Gasteiger partial charge in [-0.25, -0.2) is 0 Å². The molecular formula is C11H17NO3. The number of carbonyl (C=O) groups excluding carboxylic acids is 2. The first kappa shape index (κ1) is 11.8. The largest absolute Gasteiger partial charge is 0.468 e. The predicted molar refractivity (Wildman–Crippen MR) is 56.1 cm³/mol. The summed E-state index contributed by atoms with van der Waals surface area (Å²) in [6, 6.07) is 0. The lowest BCUT2D eigenvalue weighted by atomic mass is 9.84. The summed E-state index contributed by atoms with van der Waals surface area (Å²) in [6.45, 7) is 0. The number of esters is 1. The van der Waals surface area contributed by atoms with E-state index in [0.717, 1.165) is 18.4 Å². The Hall–Kier alpha value is -1.32. The van der Waals surface area contributed by atoms with E-state index in [4.69, 9.17) is 0 Å². The van der Waals surface area contributed by atoms with E-state index in [1.165, 1.54) is 7.11 Å². The zero-order valence-corrected chi connectivity index (χ0v) is 9.45. The monoisotopic (exact) mass is 211 g/mol. The Kier molecular flexibility index (Phi) is 3.88. The lowest BCUT2D eigenvalue weighted by molar-refractivity contribution is -0.149. The number of methoxy groups -OCH3 is 1. The highest BCUT2D eigenvalue weighted by Crippen LogP contribution is 2.26. The van der Waals surface area contributed by atoms with Gasteiger partial charge < -0.3 is 9.64 Å². The van der Waals surface area contributed by atoms with E-state index in [0.29, 0.717) is 6.42 Å². The standard InChI is InChI=1S/C11H17NO3/c1-12(2)7-8-5-4-6-9(10(8)13)11(14)15-3/h7,9H,4-6H2,1-3H3. The molecule has 0 spiro atoms. The van der Waals surface area contributed by atoms with Crippen molar-refractivity contribution in [3.8, 4) is 0 Å². The van der Waals surface area contributed by atoms with E-state index in [1.807, 2.05) is 19.0 Å². The third-order valence-electron chi connectivity index (χ3n) is 2.47. The molecule has 84 valence electrons. The first-order valence-electron chi connectivity index (χ1n) is 5.05. The van der Waals surface area contributed by atoms with Crippen molar-refractivity contribution in [3.05, 3.63) is 11.8 Å². The van der Waals surface area contributed by atoms with Crippen LogP contribution in [0.15, 0.2) is 11.8 Å². The molecule has 1 unspecified atom stereocenters. The summed E-state index contributed by atoms with van der Waals surface area (Å²) in [6.07, 6.45) is 4.02. The maximum Gasteiger partial charge on any atom is 0.316 e. The molecule has 0 N–H and O–H groups in total. The van der Waals surface area contributed by atoms with Crippen molar-refractivity contribution in [3.63, 3.8) is 0 Å². The lowest BCUT2D eigenvalue weighted by Crippen LogP contribution is -2.30. The molecule has 1 saturated carbocycles. The van der Waals surface area contributed by atoms with Gasteiger partial charge in [0.15, 0.2) is 5.78 Å². The van der Waals surface area contributed by atoms with Crippen molar-refractivity contribution in [2.24, 2.45) is 5.92 Å². The van der Waals surface area contributed by atoms with Gasteiger partial charge in [0.25, 0.3) is 0 Å². The molecule has 1 atom stereocenters. The average Bonchev–Trinajstić information content (AvgIpc) is 2.19. The van der Waals surface area contributed by atoms with Gasteiger partial charge in [-0.1, -0.05) is 0 Å². The van der Waals surface area contributed by atoms with Gasteiger partial charge in [-0.05, 0) is 19.3 Å². The minimum atomic E-state index is -0.588. The second-order valence-corrected chi connectivity index (χ2v) is 3.95. The van der Waals surface area contributed by atoms with Crippen LogP contribution in [-0.4, -0.2) is 37.9 Å². The van der Waals surface area contributed by atoms with Crippen LogP contribution in [0, 0.1) is 5.92 Å². The molecule has 0 radical (unpaired) electrons. The van der Waals surface area contributed by atoms with Gasteiger partial charge in [0.05, 0.1) is 7.11 Å². The van der Waals surface area contributed by atoms with Crippen LogP contribution in [0.2, 0.25) is 0 Å². The summed E-state index contributed by atoms with van der Waals surface area (Å²) in [5.74, 6) is -1.08. The van der Waals surface area contributed by atoms with Gasteiger partial charge in [0, 0.05) is 25.9 Å². The van der Waals surface area contributed by atoms with E-state index in [-0.39, 0.29) is 5.78 Å². The Bertz CT molecular complexity index is 294. The fraction of sp³-hybridized carbons (Fsp3) is 0.636. The molecule has 1 aliphatic carbocycles. The fourth-order valence-electron chi connectivity index (χ4n) is 1.78. The first-order chi connectivity index (χ1) is 7.06. The van der Waals surface area contributed by atoms with Crippen molar-refractivity contribution in [1.29, 1.82) is 0 Å². The topological polar surface area (TPSA) is 46.6 Å². The van der Waals surface area contributed by atoms with Crippen molar-refractivity contribution < 1.29 is 14.3 Å². The normalized spacial score (nSPS) is 24.1. The molecular weight excluding hydrogens is 194 g/mol. The number of hydrogen-bond acceptors (Lipinski definition) is 4. The average molecular weight is 211 g/mol. The number of rotatable bonds is 2. The van der Waals surface area contributed by atoms with Crippen LogP contribution in [0.4, 0.5) is 0 Å². The van der Waals surface area contributed by atoms with Crippen molar-refractivity contribution in [2.75, 3.05) is 21.2 Å². The van der Waals surface area contributed by atoms with E-state index < -0.39 is 11.9 Å². The quantitative estimate of drug-likeness (QED) is 0.388. The van der Waals surface area contributed by atoms with Crippen molar-refractivity contribution in [2.45, 2.75) is 19.3 Å². The zero-order valence-electron chi connectivity index (χ0n) is 9.45. The van der Waals surface area contributed by atoms with Crippen molar-refractivity contribution >= 4 is 11.8 Å². The smallest absolute Gasteiger partial charge is 0.316 e. The number of allylic oxidation sites excluding steroid dienone is 1. The SMILES string of the molecule is COC(=O)C1CCCC(=CN(C)C)C1=O. The van der Waals surface area contributed by atoms with E-state index >= 15 is 0 Å². The summed E-state index contributed by atoms with van der Waals surface area (Å²) < 4.78 is 4.61. The highest BCUT2D eigenvalue weighted by Gasteiger charge is 2.32. The molecule has 0 aromatic heterocycles. The van der Waals surface area contributed by atoms with E-state index in [2.05, 4.69) is 4.74 Å². The van der Waals surface area contributed by atoms with Crippen LogP contribution in [0.1, 0.15) is 19.3 Å². The minimum absolute atomic E-state index is 0.0817. The maximum atomic E-state index is 11.9. The predicted octanol–water partition coefficient (Wildman–Crippen LogP) is 0.974. The first-order valence-corrected chi connectivity index (χ1v) is 5.05. The van der Waals surface area contributed by atoms with Crippen molar-refractivity contribution in [1.82, 2.24) is 4.90 Å². The molecule has 1 aliphatic rings. The van der Waals surface area contributed by atoms with Crippen LogP contribution >= 0.6 is 0 Å². The van der Waals surface area contributed by atoms with Gasteiger partial charge in [0.1, 0.15) is 5.92 Å². The molecule has 0 saturated heterocycles. The maximum absolute atomic E-state index is 11.9. The van der Waals surface area contributed by atoms with Gasteiger partial charge in [-0.2, -0.15) is 0 Å². The molecule has 0 heterocycles. The Labute approximate surface area is 89.9 Å². The highest BCUT2D eigenvalue weighted by atomic mass is 16.5. The zero-order chi connectivity index (χ0) is 11.4. The number of hydrogen-bond donors (Lipinski definition) is 0. The summed E-state index contributed by atoms with van der Waals surface area (Å²) in [7, 11) is 5.05. The molecule has 1 rings (SSSR count). The van der Waals surface area contributed by atoms with Gasteiger partial charge in [-0.3, -0.25) is 9.59 Å². The fourth-order valence-corrected chi connectivity index (χ4v) is 1.78. The number of ketones is 1. The van der Waals surface area contributed by atoms with Crippen LogP contribution < -0.4 is 0 Å². The molecule has 4 heteroatoms. The number of ether oxygens (including phenoxy) is 1. The Morgan fingerprint density at radius 2 is 2.20 bits per heavy atom. The van der Waals surface area contributed by atoms with Gasteiger partial charge in [-0.15, -0.1) is 0 Å². The highest BCUT2D eigenvalue weighted by molar-refractivity contribution is 6.08. The molecule has 15 heavy (non-hydrogen) atoms. The molecule has 0 aromatic carbocycles. The van der Waals surface area contributed by atoms with Crippen LogP contribution in [0.5, 0.6) is 0 Å². The Morgan fingerprint density at radius 3 is 2.73 bits per heavy atom. The second-order valence-electron chi connectivity index (χ2n) is 3.95. The van der Waals surface area contributed by atoms with Gasteiger partial charge >= 0.3 is 5.97 Å². The van der Waals surface area contributed by atoms with Crippen LogP contribution in [-0.2, 0) is 14.3 Å². The number of nitrogens with zero attached hydrogens (tertiary/aromatic N) is 1. The minimum Gasteiger partial charge on any atom is -0.468 e. The third kappa shape index (κ3) is 2.81. The van der Waals surface area contributed by atoms with E-state index in [1.54, 1.807) is 6.20 Å². The summed E-state index contributed by atoms with van der Waals surface area (Å²) in [4.78, 5) is 25.0. The molecule has 0 aliphatic heterocycles. The molecule has 0 aromatic rings. The molecule has 0 bridgehead atoms. The third-order valence-corrected chi connectivity index (χ3v) is 2.47. The molecule has 4 nitrogen and oxygen atoms in total. The lowest BCUT2D eigenvalue weighted by Gasteiger charge is -2.21. The van der Waals surface area contributed by atoms with E-state index in [9.17, 15) is 9.59 Å². The Morgan fingerprint density at radius 1 is 1.53 bits per heavy atom. The van der Waals surface area contributed by atoms with Crippen LogP contribution in [0.3, 0.4) is 0 Å². The molecule has 1 fully saturated rings.